The summed E-state index contributed by atoms with van der Waals surface area (Å²) in [6.07, 6.45) is 3.81. The van der Waals surface area contributed by atoms with Crippen LogP contribution in [-0.4, -0.2) is 40.4 Å². The summed E-state index contributed by atoms with van der Waals surface area (Å²) < 4.78 is 2.08. The average Bonchev–Trinajstić information content (AvgIpc) is 3.45. The van der Waals surface area contributed by atoms with Crippen molar-refractivity contribution in [2.45, 2.75) is 46.3 Å². The molecule has 0 fully saturated rings. The Hall–Kier alpha value is -2.62. The molecule has 3 aromatic rings. The van der Waals surface area contributed by atoms with Gasteiger partial charge in [-0.2, -0.15) is 0 Å². The molecule has 1 aliphatic heterocycles. The minimum absolute atomic E-state index is 0. The highest BCUT2D eigenvalue weighted by Gasteiger charge is 2.18. The van der Waals surface area contributed by atoms with Gasteiger partial charge in [-0.3, -0.25) is 0 Å². The Morgan fingerprint density at radius 2 is 1.82 bits per heavy atom. The Bertz CT molecular complexity index is 1030. The van der Waals surface area contributed by atoms with Gasteiger partial charge in [0.25, 0.3) is 0 Å². The van der Waals surface area contributed by atoms with Gasteiger partial charge in [0.1, 0.15) is 12.2 Å². The molecule has 0 amide bonds. The van der Waals surface area contributed by atoms with Crippen molar-refractivity contribution < 1.29 is 0 Å². The molecule has 0 aliphatic carbocycles. The number of rotatable bonds is 9. The highest BCUT2D eigenvalue weighted by Crippen LogP contribution is 2.28. The molecule has 8 heteroatoms. The van der Waals surface area contributed by atoms with Gasteiger partial charge >= 0.3 is 0 Å². The zero-order valence-electron chi connectivity index (χ0n) is 19.5. The molecule has 0 bridgehead atoms. The number of nitrogens with one attached hydrogen (secondary N) is 2. The number of aromatic nitrogens is 3. The molecule has 2 aromatic carbocycles. The number of anilines is 1. The standard InChI is InChI=1S/C25H33N7.HI/c1-3-24-30-29-19-32(24)16-14-27-25(26-4-2)28-17-20-9-11-21(12-10-20)18-31-15-13-22-7-5-6-8-23(22)31;/h5-12,19H,3-4,13-18H2,1-2H3,(H2,26,27,28);1H. The summed E-state index contributed by atoms with van der Waals surface area (Å²) >= 11 is 0. The van der Waals surface area contributed by atoms with Gasteiger partial charge in [0.2, 0.25) is 0 Å². The maximum atomic E-state index is 4.75. The molecule has 2 N–H and O–H groups in total. The van der Waals surface area contributed by atoms with E-state index in [-0.39, 0.29) is 24.0 Å². The van der Waals surface area contributed by atoms with Crippen LogP contribution in [0.1, 0.15) is 36.4 Å². The van der Waals surface area contributed by atoms with Crippen molar-refractivity contribution in [3.8, 4) is 0 Å². The van der Waals surface area contributed by atoms with E-state index in [0.29, 0.717) is 6.54 Å². The molecule has 0 radical (unpaired) electrons. The summed E-state index contributed by atoms with van der Waals surface area (Å²) in [7, 11) is 0. The number of benzene rings is 2. The third-order valence-corrected chi connectivity index (χ3v) is 5.80. The number of hydrogen-bond donors (Lipinski definition) is 2. The zero-order chi connectivity index (χ0) is 22.2. The third kappa shape index (κ3) is 6.69. The Morgan fingerprint density at radius 1 is 1.03 bits per heavy atom. The van der Waals surface area contributed by atoms with Crippen LogP contribution in [0.2, 0.25) is 0 Å². The second-order valence-electron chi connectivity index (χ2n) is 8.03. The van der Waals surface area contributed by atoms with Gasteiger partial charge in [0.15, 0.2) is 5.96 Å². The van der Waals surface area contributed by atoms with Crippen LogP contribution in [0.4, 0.5) is 5.69 Å². The first-order chi connectivity index (χ1) is 15.8. The van der Waals surface area contributed by atoms with Crippen LogP contribution in [0.25, 0.3) is 0 Å². The molecule has 0 spiro atoms. The first-order valence-corrected chi connectivity index (χ1v) is 11.6. The molecule has 1 aliphatic rings. The lowest BCUT2D eigenvalue weighted by atomic mass is 10.1. The summed E-state index contributed by atoms with van der Waals surface area (Å²) in [5.41, 5.74) is 5.37. The van der Waals surface area contributed by atoms with E-state index < -0.39 is 0 Å². The van der Waals surface area contributed by atoms with E-state index in [0.717, 1.165) is 57.3 Å². The fraction of sp³-hybridized carbons (Fsp3) is 0.400. The lowest BCUT2D eigenvalue weighted by molar-refractivity contribution is 0.632. The lowest BCUT2D eigenvalue weighted by Crippen LogP contribution is -2.38. The molecule has 0 saturated heterocycles. The molecule has 33 heavy (non-hydrogen) atoms. The fourth-order valence-corrected chi connectivity index (χ4v) is 4.09. The van der Waals surface area contributed by atoms with Crippen LogP contribution in [0, 0.1) is 0 Å². The topological polar surface area (TPSA) is 70.4 Å². The first-order valence-electron chi connectivity index (χ1n) is 11.6. The largest absolute Gasteiger partial charge is 0.367 e. The number of para-hydroxylation sites is 1. The van der Waals surface area contributed by atoms with Gasteiger partial charge in [0.05, 0.1) is 6.54 Å². The number of guanidine groups is 1. The monoisotopic (exact) mass is 559 g/mol. The summed E-state index contributed by atoms with van der Waals surface area (Å²) in [4.78, 5) is 7.22. The lowest BCUT2D eigenvalue weighted by Gasteiger charge is -2.19. The van der Waals surface area contributed by atoms with E-state index in [1.54, 1.807) is 6.33 Å². The molecule has 1 aromatic heterocycles. The zero-order valence-corrected chi connectivity index (χ0v) is 21.8. The van der Waals surface area contributed by atoms with E-state index in [1.165, 1.54) is 22.4 Å². The maximum Gasteiger partial charge on any atom is 0.191 e. The molecule has 7 nitrogen and oxygen atoms in total. The van der Waals surface area contributed by atoms with Crippen LogP contribution in [0.15, 0.2) is 59.9 Å². The minimum atomic E-state index is 0. The van der Waals surface area contributed by atoms with Crippen molar-refractivity contribution in [2.75, 3.05) is 24.5 Å². The fourth-order valence-electron chi connectivity index (χ4n) is 4.09. The second-order valence-corrected chi connectivity index (χ2v) is 8.03. The van der Waals surface area contributed by atoms with Gasteiger partial charge < -0.3 is 20.1 Å². The average molecular weight is 560 g/mol. The highest BCUT2D eigenvalue weighted by molar-refractivity contribution is 14.0. The Morgan fingerprint density at radius 3 is 2.61 bits per heavy atom. The van der Waals surface area contributed by atoms with Gasteiger partial charge in [-0.05, 0) is 36.1 Å². The predicted molar refractivity (Wildman–Crippen MR) is 145 cm³/mol. The predicted octanol–water partition coefficient (Wildman–Crippen LogP) is 3.78. The number of aliphatic imine (C=N–C) groups is 1. The van der Waals surface area contributed by atoms with Crippen molar-refractivity contribution in [3.05, 3.63) is 77.4 Å². The van der Waals surface area contributed by atoms with E-state index in [2.05, 4.69) is 92.7 Å². The molecule has 0 unspecified atom stereocenters. The first kappa shape index (κ1) is 25.0. The normalized spacial score (nSPS) is 12.9. The van der Waals surface area contributed by atoms with Crippen molar-refractivity contribution in [1.82, 2.24) is 25.4 Å². The summed E-state index contributed by atoms with van der Waals surface area (Å²) in [6.45, 7) is 9.28. The molecule has 4 rings (SSSR count). The van der Waals surface area contributed by atoms with E-state index in [9.17, 15) is 0 Å². The summed E-state index contributed by atoms with van der Waals surface area (Å²) in [5, 5.41) is 14.8. The SMILES string of the molecule is CCNC(=NCc1ccc(CN2CCc3ccccc32)cc1)NCCn1cnnc1CC.I. The van der Waals surface area contributed by atoms with Crippen LogP contribution in [0.5, 0.6) is 0 Å². The van der Waals surface area contributed by atoms with Crippen LogP contribution < -0.4 is 15.5 Å². The molecule has 0 saturated carbocycles. The van der Waals surface area contributed by atoms with Crippen LogP contribution >= 0.6 is 24.0 Å². The third-order valence-electron chi connectivity index (χ3n) is 5.80. The van der Waals surface area contributed by atoms with Crippen molar-refractivity contribution in [3.63, 3.8) is 0 Å². The van der Waals surface area contributed by atoms with E-state index >= 15 is 0 Å². The van der Waals surface area contributed by atoms with Gasteiger partial charge in [-0.1, -0.05) is 49.4 Å². The smallest absolute Gasteiger partial charge is 0.191 e. The van der Waals surface area contributed by atoms with E-state index in [1.807, 2.05) is 0 Å². The molecule has 2 heterocycles. The number of hydrogen-bond acceptors (Lipinski definition) is 4. The second kappa shape index (κ2) is 12.6. The quantitative estimate of drug-likeness (QED) is 0.237. The highest BCUT2D eigenvalue weighted by atomic mass is 127. The van der Waals surface area contributed by atoms with Crippen molar-refractivity contribution in [1.29, 1.82) is 0 Å². The van der Waals surface area contributed by atoms with Gasteiger partial charge in [-0.15, -0.1) is 34.2 Å². The number of nitrogens with zero attached hydrogens (tertiary/aromatic N) is 5. The molecular weight excluding hydrogens is 525 g/mol. The van der Waals surface area contributed by atoms with Gasteiger partial charge in [0, 0.05) is 44.8 Å². The van der Waals surface area contributed by atoms with Crippen LogP contribution in [0.3, 0.4) is 0 Å². The van der Waals surface area contributed by atoms with Crippen LogP contribution in [-0.2, 0) is 32.5 Å². The maximum absolute atomic E-state index is 4.75. The summed E-state index contributed by atoms with van der Waals surface area (Å²) in [6, 6.07) is 17.6. The molecular formula is C25H34IN7. The minimum Gasteiger partial charge on any atom is -0.367 e. The Labute approximate surface area is 213 Å². The van der Waals surface area contributed by atoms with E-state index in [4.69, 9.17) is 4.99 Å². The molecule has 0 atom stereocenters. The Balaban J connectivity index is 0.00000306. The summed E-state index contributed by atoms with van der Waals surface area (Å²) in [5.74, 6) is 1.84. The van der Waals surface area contributed by atoms with Crippen molar-refractivity contribution >= 4 is 35.6 Å². The van der Waals surface area contributed by atoms with Gasteiger partial charge in [-0.25, -0.2) is 4.99 Å². The molecule has 176 valence electrons. The number of fused-ring (bicyclic) bond motifs is 1. The number of aryl methyl sites for hydroxylation is 1. The number of halogens is 1. The Kier molecular flexibility index (Phi) is 9.53. The van der Waals surface area contributed by atoms with Crippen molar-refractivity contribution in [2.24, 2.45) is 4.99 Å².